The first kappa shape index (κ1) is 24.3. The summed E-state index contributed by atoms with van der Waals surface area (Å²) in [4.78, 5) is 25.0. The van der Waals surface area contributed by atoms with Crippen LogP contribution in [0.3, 0.4) is 0 Å². The zero-order valence-corrected chi connectivity index (χ0v) is 20.4. The van der Waals surface area contributed by atoms with Crippen molar-refractivity contribution in [2.24, 2.45) is 4.99 Å². The molecule has 1 amide bonds. The van der Waals surface area contributed by atoms with Gasteiger partial charge in [0.15, 0.2) is 0 Å². The summed E-state index contributed by atoms with van der Waals surface area (Å²) in [6.07, 6.45) is 9.65. The van der Waals surface area contributed by atoms with Crippen LogP contribution >= 0.6 is 11.6 Å². The molecule has 2 heterocycles. The smallest absolute Gasteiger partial charge is 0.251 e. The zero-order chi connectivity index (χ0) is 24.6. The van der Waals surface area contributed by atoms with Gasteiger partial charge >= 0.3 is 0 Å². The molecule has 0 bridgehead atoms. The highest BCUT2D eigenvalue weighted by Crippen LogP contribution is 2.15. The number of imidazole rings is 1. The molecule has 0 aliphatic carbocycles. The van der Waals surface area contributed by atoms with Crippen LogP contribution in [0.1, 0.15) is 28.8 Å². The maximum absolute atomic E-state index is 12.8. The second kappa shape index (κ2) is 11.5. The van der Waals surface area contributed by atoms with Crippen LogP contribution in [0.4, 0.5) is 0 Å². The first-order valence-corrected chi connectivity index (χ1v) is 12.0. The Morgan fingerprint density at radius 3 is 2.54 bits per heavy atom. The minimum Gasteiger partial charge on any atom is -0.349 e. The lowest BCUT2D eigenvalue weighted by atomic mass is 10.0. The summed E-state index contributed by atoms with van der Waals surface area (Å²) in [6, 6.07) is 15.3. The van der Waals surface area contributed by atoms with Gasteiger partial charge < -0.3 is 19.7 Å². The number of nitriles is 1. The lowest BCUT2D eigenvalue weighted by Gasteiger charge is -2.37. The molecule has 0 spiro atoms. The van der Waals surface area contributed by atoms with E-state index in [-0.39, 0.29) is 11.9 Å². The Morgan fingerprint density at radius 2 is 1.91 bits per heavy atom. The zero-order valence-electron chi connectivity index (χ0n) is 19.6. The van der Waals surface area contributed by atoms with E-state index >= 15 is 0 Å². The molecule has 0 saturated carbocycles. The van der Waals surface area contributed by atoms with Crippen LogP contribution < -0.4 is 5.32 Å². The number of nitrogens with zero attached hydrogens (tertiary/aromatic N) is 6. The monoisotopic (exact) mass is 489 g/mol. The van der Waals surface area contributed by atoms with Crippen LogP contribution in [-0.4, -0.2) is 63.9 Å². The molecular formula is C26H28ClN7O. The molecule has 9 heteroatoms. The van der Waals surface area contributed by atoms with Gasteiger partial charge in [0.25, 0.3) is 5.91 Å². The Morgan fingerprint density at radius 1 is 1.20 bits per heavy atom. The van der Waals surface area contributed by atoms with E-state index in [2.05, 4.69) is 20.2 Å². The van der Waals surface area contributed by atoms with Crippen LogP contribution in [0.15, 0.2) is 72.2 Å². The van der Waals surface area contributed by atoms with Crippen LogP contribution in [0.25, 0.3) is 5.69 Å². The highest BCUT2D eigenvalue weighted by atomic mass is 35.5. The first-order chi connectivity index (χ1) is 17.0. The summed E-state index contributed by atoms with van der Waals surface area (Å²) in [5.41, 5.74) is 2.76. The normalized spacial score (nSPS) is 14.4. The lowest BCUT2D eigenvalue weighted by Crippen LogP contribution is -2.50. The fourth-order valence-electron chi connectivity index (χ4n) is 4.18. The number of carbonyl (C=O) groups excluding carboxylic acids is 1. The number of aromatic nitrogens is 2. The van der Waals surface area contributed by atoms with Gasteiger partial charge in [0.1, 0.15) is 0 Å². The van der Waals surface area contributed by atoms with Crippen molar-refractivity contribution >= 4 is 23.5 Å². The van der Waals surface area contributed by atoms with Gasteiger partial charge in [0, 0.05) is 61.4 Å². The van der Waals surface area contributed by atoms with E-state index in [0.717, 1.165) is 49.6 Å². The molecule has 35 heavy (non-hydrogen) atoms. The third-order valence-electron chi connectivity index (χ3n) is 6.19. The molecule has 8 nitrogen and oxygen atoms in total. The number of aliphatic imine (C=N–C) groups is 1. The summed E-state index contributed by atoms with van der Waals surface area (Å²) in [6.45, 7) is 2.17. The molecule has 1 N–H and O–H groups in total. The number of hydrogen-bond donors (Lipinski definition) is 1. The molecule has 3 aromatic rings. The summed E-state index contributed by atoms with van der Waals surface area (Å²) in [5, 5.41) is 13.1. The van der Waals surface area contributed by atoms with Crippen molar-refractivity contribution in [2.75, 3.05) is 26.7 Å². The van der Waals surface area contributed by atoms with E-state index in [1.54, 1.807) is 12.5 Å². The predicted octanol–water partition coefficient (Wildman–Crippen LogP) is 3.73. The highest BCUT2D eigenvalue weighted by molar-refractivity contribution is 6.30. The molecule has 4 rings (SSSR count). The number of hydrogen-bond acceptors (Lipinski definition) is 4. The number of guanidine groups is 1. The minimum absolute atomic E-state index is 0.0772. The molecule has 0 atom stereocenters. The fraction of sp³-hybridized carbons (Fsp3) is 0.308. The van der Waals surface area contributed by atoms with Crippen molar-refractivity contribution in [3.05, 3.63) is 83.4 Å². The highest BCUT2D eigenvalue weighted by Gasteiger charge is 2.25. The van der Waals surface area contributed by atoms with Crippen LogP contribution in [0, 0.1) is 11.5 Å². The molecular weight excluding hydrogens is 462 g/mol. The van der Waals surface area contributed by atoms with Gasteiger partial charge in [-0.2, -0.15) is 5.26 Å². The summed E-state index contributed by atoms with van der Waals surface area (Å²) in [7, 11) is 1.95. The molecule has 1 aromatic heterocycles. The molecule has 2 aromatic carbocycles. The van der Waals surface area contributed by atoms with E-state index in [4.69, 9.17) is 11.6 Å². The Balaban J connectivity index is 1.28. The number of likely N-dealkylation sites (N-methyl/N-ethyl adjacent to an activating group) is 1. The first-order valence-electron chi connectivity index (χ1n) is 11.6. The Bertz CT molecular complexity index is 1180. The van der Waals surface area contributed by atoms with Crippen molar-refractivity contribution < 1.29 is 4.79 Å². The molecule has 0 radical (unpaired) electrons. The van der Waals surface area contributed by atoms with Gasteiger partial charge in [0.2, 0.25) is 12.2 Å². The largest absolute Gasteiger partial charge is 0.349 e. The van der Waals surface area contributed by atoms with Crippen LogP contribution in [0.2, 0.25) is 5.02 Å². The minimum atomic E-state index is -0.0772. The van der Waals surface area contributed by atoms with Gasteiger partial charge in [0.05, 0.1) is 6.33 Å². The molecule has 0 unspecified atom stereocenters. The fourth-order valence-corrected chi connectivity index (χ4v) is 4.31. The van der Waals surface area contributed by atoms with Gasteiger partial charge in [-0.15, -0.1) is 4.99 Å². The number of rotatable bonds is 6. The SMILES string of the molecule is CN(CCc1ccc(Cl)cc1)C(=NC#N)N1CCC(NC(=O)c2ccc(-n3ccnc3)cc2)CC1. The maximum Gasteiger partial charge on any atom is 0.251 e. The molecule has 1 fully saturated rings. The van der Waals surface area contributed by atoms with Crippen molar-refractivity contribution in [3.8, 4) is 11.9 Å². The topological polar surface area (TPSA) is 89.5 Å². The molecule has 1 saturated heterocycles. The average molecular weight is 490 g/mol. The van der Waals surface area contributed by atoms with Crippen molar-refractivity contribution in [3.63, 3.8) is 0 Å². The number of nitrogens with one attached hydrogen (secondary N) is 1. The van der Waals surface area contributed by atoms with E-state index in [9.17, 15) is 10.1 Å². The maximum atomic E-state index is 12.8. The van der Waals surface area contributed by atoms with Crippen molar-refractivity contribution in [1.82, 2.24) is 24.7 Å². The Labute approximate surface area is 210 Å². The Kier molecular flexibility index (Phi) is 8.01. The van der Waals surface area contributed by atoms with E-state index in [0.29, 0.717) is 11.5 Å². The van der Waals surface area contributed by atoms with Crippen molar-refractivity contribution in [1.29, 1.82) is 5.26 Å². The number of amides is 1. The van der Waals surface area contributed by atoms with Gasteiger partial charge in [-0.05, 0) is 61.2 Å². The number of benzene rings is 2. The Hall–Kier alpha value is -3.83. The molecule has 1 aliphatic heterocycles. The van der Waals surface area contributed by atoms with Gasteiger partial charge in [-0.25, -0.2) is 4.98 Å². The molecule has 1 aliphatic rings. The third kappa shape index (κ3) is 6.40. The van der Waals surface area contributed by atoms with Crippen molar-refractivity contribution in [2.45, 2.75) is 25.3 Å². The average Bonchev–Trinajstić information content (AvgIpc) is 3.43. The second-order valence-electron chi connectivity index (χ2n) is 8.56. The van der Waals surface area contributed by atoms with Crippen LogP contribution in [0.5, 0.6) is 0 Å². The summed E-state index contributed by atoms with van der Waals surface area (Å²) in [5.74, 6) is 0.591. The standard InChI is InChI=1S/C26H28ClN7O/c1-32(14-10-20-2-6-22(27)7-3-20)26(30-18-28)33-15-11-23(12-16-33)31-25(35)21-4-8-24(9-5-21)34-17-13-29-19-34/h2-9,13,17,19,23H,10-12,14-16H2,1H3,(H,31,35). The molecule has 180 valence electrons. The third-order valence-corrected chi connectivity index (χ3v) is 6.44. The van der Waals surface area contributed by atoms with Gasteiger partial charge in [-0.1, -0.05) is 23.7 Å². The van der Waals surface area contributed by atoms with E-state index in [1.165, 1.54) is 5.56 Å². The van der Waals surface area contributed by atoms with Crippen LogP contribution in [-0.2, 0) is 6.42 Å². The summed E-state index contributed by atoms with van der Waals surface area (Å²) < 4.78 is 1.89. The quantitative estimate of drug-likeness (QED) is 0.324. The number of likely N-dealkylation sites (tertiary alicyclic amines) is 1. The lowest BCUT2D eigenvalue weighted by molar-refractivity contribution is 0.0921. The number of halogens is 1. The van der Waals surface area contributed by atoms with Gasteiger partial charge in [-0.3, -0.25) is 4.79 Å². The second-order valence-corrected chi connectivity index (χ2v) is 9.00. The summed E-state index contributed by atoms with van der Waals surface area (Å²) >= 11 is 5.97. The van der Waals surface area contributed by atoms with E-state index < -0.39 is 0 Å². The van der Waals surface area contributed by atoms with E-state index in [1.807, 2.05) is 77.4 Å². The number of piperidine rings is 1. The number of carbonyl (C=O) groups is 1. The predicted molar refractivity (Wildman–Crippen MR) is 136 cm³/mol.